The summed E-state index contributed by atoms with van der Waals surface area (Å²) in [4.78, 5) is 30.6. The lowest BCUT2D eigenvalue weighted by atomic mass is 9.83. The number of nitrogens with one attached hydrogen (secondary N) is 1. The highest BCUT2D eigenvalue weighted by atomic mass is 35.5. The lowest BCUT2D eigenvalue weighted by Crippen LogP contribution is -2.64. The van der Waals surface area contributed by atoms with Crippen molar-refractivity contribution in [1.29, 1.82) is 0 Å². The number of aromatic nitrogens is 1. The first kappa shape index (κ1) is 23.8. The van der Waals surface area contributed by atoms with E-state index < -0.39 is 5.54 Å². The minimum Gasteiger partial charge on any atom is -0.351 e. The van der Waals surface area contributed by atoms with Gasteiger partial charge in [-0.1, -0.05) is 91.5 Å². The van der Waals surface area contributed by atoms with Crippen molar-refractivity contribution < 1.29 is 9.59 Å². The maximum absolute atomic E-state index is 14.5. The molecule has 0 bridgehead atoms. The Kier molecular flexibility index (Phi) is 6.25. The minimum absolute atomic E-state index is 0.114. The Bertz CT molecular complexity index is 1440. The molecule has 5 nitrogen and oxygen atoms in total. The van der Waals surface area contributed by atoms with E-state index in [0.29, 0.717) is 23.8 Å². The molecular formula is C31H30ClN3O2. The molecule has 1 fully saturated rings. The van der Waals surface area contributed by atoms with Gasteiger partial charge in [-0.2, -0.15) is 0 Å². The molecule has 0 unspecified atom stereocenters. The largest absolute Gasteiger partial charge is 0.351 e. The Labute approximate surface area is 222 Å². The number of para-hydroxylation sites is 1. The van der Waals surface area contributed by atoms with Crippen LogP contribution in [0.3, 0.4) is 0 Å². The van der Waals surface area contributed by atoms with Crippen LogP contribution in [0.2, 0.25) is 5.02 Å². The van der Waals surface area contributed by atoms with Crippen molar-refractivity contribution in [3.63, 3.8) is 0 Å². The molecule has 2 aliphatic rings. The van der Waals surface area contributed by atoms with E-state index in [1.807, 2.05) is 89.5 Å². The molecule has 188 valence electrons. The normalized spacial score (nSPS) is 20.1. The fraction of sp³-hybridized carbons (Fsp3) is 0.290. The summed E-state index contributed by atoms with van der Waals surface area (Å²) in [7, 11) is 0. The van der Waals surface area contributed by atoms with Crippen LogP contribution in [-0.4, -0.2) is 27.3 Å². The van der Waals surface area contributed by atoms with Crippen LogP contribution < -0.4 is 5.32 Å². The molecule has 1 aliphatic carbocycles. The number of fused-ring (bicyclic) bond motifs is 3. The van der Waals surface area contributed by atoms with Gasteiger partial charge in [0, 0.05) is 28.5 Å². The van der Waals surface area contributed by atoms with Crippen LogP contribution >= 0.6 is 11.6 Å². The van der Waals surface area contributed by atoms with Gasteiger partial charge in [0.05, 0.1) is 6.54 Å². The predicted molar refractivity (Wildman–Crippen MR) is 146 cm³/mol. The summed E-state index contributed by atoms with van der Waals surface area (Å²) < 4.78 is 2.03. The van der Waals surface area contributed by atoms with Crippen LogP contribution in [0.1, 0.15) is 53.7 Å². The zero-order chi connectivity index (χ0) is 25.4. The van der Waals surface area contributed by atoms with Crippen LogP contribution in [0, 0.1) is 0 Å². The van der Waals surface area contributed by atoms with Crippen LogP contribution in [0.15, 0.2) is 84.9 Å². The second-order valence-corrected chi connectivity index (χ2v) is 10.7. The van der Waals surface area contributed by atoms with Crippen LogP contribution in [0.25, 0.3) is 10.9 Å². The number of hydrogen-bond acceptors (Lipinski definition) is 2. The first-order valence-corrected chi connectivity index (χ1v) is 13.5. The van der Waals surface area contributed by atoms with Gasteiger partial charge < -0.3 is 14.8 Å². The summed E-state index contributed by atoms with van der Waals surface area (Å²) in [6.07, 6.45) is 5.38. The highest BCUT2D eigenvalue weighted by molar-refractivity contribution is 6.30. The zero-order valence-electron chi connectivity index (χ0n) is 20.7. The fourth-order valence-corrected chi connectivity index (χ4v) is 6.13. The lowest BCUT2D eigenvalue weighted by molar-refractivity contribution is -0.136. The second-order valence-electron chi connectivity index (χ2n) is 10.2. The Morgan fingerprint density at radius 3 is 2.38 bits per heavy atom. The number of carbonyl (C=O) groups excluding carboxylic acids is 2. The first-order chi connectivity index (χ1) is 18.1. The molecule has 3 aromatic carbocycles. The Morgan fingerprint density at radius 1 is 0.919 bits per heavy atom. The van der Waals surface area contributed by atoms with Gasteiger partial charge in [-0.15, -0.1) is 0 Å². The minimum atomic E-state index is -1.20. The van der Waals surface area contributed by atoms with Gasteiger partial charge in [0.25, 0.3) is 11.8 Å². The molecule has 0 saturated heterocycles. The fourth-order valence-electron chi connectivity index (χ4n) is 6.00. The van der Waals surface area contributed by atoms with E-state index in [0.717, 1.165) is 47.7 Å². The number of nitrogens with zero attached hydrogens (tertiary/aromatic N) is 2. The SMILES string of the molecule is O=C1c2cc3ccccc3n2C[C@@](C(=O)NC2CCCCC2)(c2ccccc2)N1Cc1ccc(Cl)cc1. The van der Waals surface area contributed by atoms with Crippen molar-refractivity contribution in [2.75, 3.05) is 0 Å². The number of benzene rings is 3. The third-order valence-corrected chi connectivity index (χ3v) is 8.20. The van der Waals surface area contributed by atoms with Gasteiger partial charge in [0.15, 0.2) is 5.54 Å². The van der Waals surface area contributed by atoms with E-state index in [4.69, 9.17) is 11.6 Å². The number of amides is 2. The predicted octanol–water partition coefficient (Wildman–Crippen LogP) is 6.30. The molecule has 0 radical (unpaired) electrons. The topological polar surface area (TPSA) is 54.3 Å². The van der Waals surface area contributed by atoms with Gasteiger partial charge in [-0.05, 0) is 48.2 Å². The average Bonchev–Trinajstić information content (AvgIpc) is 3.31. The van der Waals surface area contributed by atoms with Crippen molar-refractivity contribution in [1.82, 2.24) is 14.8 Å². The van der Waals surface area contributed by atoms with Gasteiger partial charge in [0.2, 0.25) is 0 Å². The molecule has 1 aliphatic heterocycles. The van der Waals surface area contributed by atoms with Gasteiger partial charge in [0.1, 0.15) is 5.69 Å². The van der Waals surface area contributed by atoms with E-state index in [1.165, 1.54) is 6.42 Å². The maximum Gasteiger partial charge on any atom is 0.272 e. The number of halogens is 1. The number of rotatable bonds is 5. The van der Waals surface area contributed by atoms with E-state index in [9.17, 15) is 9.59 Å². The maximum atomic E-state index is 14.5. The third kappa shape index (κ3) is 4.21. The van der Waals surface area contributed by atoms with E-state index in [-0.39, 0.29) is 17.9 Å². The van der Waals surface area contributed by atoms with Crippen LogP contribution in [-0.2, 0) is 23.4 Å². The van der Waals surface area contributed by atoms with Crippen molar-refractivity contribution in [2.45, 2.75) is 56.8 Å². The second kappa shape index (κ2) is 9.71. The summed E-state index contributed by atoms with van der Waals surface area (Å²) in [6.45, 7) is 0.641. The Balaban J connectivity index is 1.53. The Hall–Kier alpha value is -3.57. The summed E-state index contributed by atoms with van der Waals surface area (Å²) in [5.41, 5.74) is 2.10. The average molecular weight is 512 g/mol. The molecule has 6 heteroatoms. The van der Waals surface area contributed by atoms with Crippen molar-refractivity contribution in [2.24, 2.45) is 0 Å². The standard InChI is InChI=1S/C31H30ClN3O2/c32-25-17-15-22(16-18-25)20-35-29(36)28-19-23-9-7-8-14-27(23)34(28)21-31(35,24-10-3-1-4-11-24)30(37)33-26-12-5-2-6-13-26/h1,3-4,7-11,14-19,26H,2,5-6,12-13,20-21H2,(H,33,37)/t31-/m0/s1. The first-order valence-electron chi connectivity index (χ1n) is 13.1. The molecule has 2 heterocycles. The summed E-state index contributed by atoms with van der Waals surface area (Å²) in [5.74, 6) is -0.267. The highest BCUT2D eigenvalue weighted by Crippen LogP contribution is 2.40. The van der Waals surface area contributed by atoms with E-state index in [1.54, 1.807) is 4.90 Å². The summed E-state index contributed by atoms with van der Waals surface area (Å²) >= 11 is 6.16. The molecule has 37 heavy (non-hydrogen) atoms. The molecule has 1 aromatic heterocycles. The van der Waals surface area contributed by atoms with E-state index >= 15 is 0 Å². The lowest BCUT2D eigenvalue weighted by Gasteiger charge is -2.47. The quantitative estimate of drug-likeness (QED) is 0.342. The molecule has 1 atom stereocenters. The van der Waals surface area contributed by atoms with Crippen LogP contribution in [0.5, 0.6) is 0 Å². The third-order valence-electron chi connectivity index (χ3n) is 7.94. The summed E-state index contributed by atoms with van der Waals surface area (Å²) in [5, 5.41) is 5.01. The zero-order valence-corrected chi connectivity index (χ0v) is 21.5. The molecule has 4 aromatic rings. The smallest absolute Gasteiger partial charge is 0.272 e. The van der Waals surface area contributed by atoms with Crippen molar-refractivity contribution >= 4 is 34.3 Å². The van der Waals surface area contributed by atoms with Gasteiger partial charge in [-0.3, -0.25) is 9.59 Å². The Morgan fingerprint density at radius 2 is 1.62 bits per heavy atom. The number of carbonyl (C=O) groups is 2. The molecule has 2 amide bonds. The van der Waals surface area contributed by atoms with Crippen molar-refractivity contribution in [3.05, 3.63) is 107 Å². The molecular weight excluding hydrogens is 482 g/mol. The highest BCUT2D eigenvalue weighted by Gasteiger charge is 2.52. The monoisotopic (exact) mass is 511 g/mol. The number of hydrogen-bond donors (Lipinski definition) is 1. The summed E-state index contributed by atoms with van der Waals surface area (Å²) in [6, 6.07) is 27.3. The molecule has 1 saturated carbocycles. The van der Waals surface area contributed by atoms with E-state index in [2.05, 4.69) is 5.32 Å². The van der Waals surface area contributed by atoms with Gasteiger partial charge >= 0.3 is 0 Å². The molecule has 6 rings (SSSR count). The molecule has 0 spiro atoms. The van der Waals surface area contributed by atoms with Crippen molar-refractivity contribution in [3.8, 4) is 0 Å². The van der Waals surface area contributed by atoms with Gasteiger partial charge in [-0.25, -0.2) is 0 Å². The molecule has 1 N–H and O–H groups in total. The van der Waals surface area contributed by atoms with Crippen LogP contribution in [0.4, 0.5) is 0 Å².